The van der Waals surface area contributed by atoms with Gasteiger partial charge in [0.25, 0.3) is 5.91 Å². The van der Waals surface area contributed by atoms with Gasteiger partial charge in [-0.2, -0.15) is 0 Å². The maximum atomic E-state index is 11.9. The Labute approximate surface area is 108 Å². The van der Waals surface area contributed by atoms with Crippen molar-refractivity contribution in [1.29, 1.82) is 0 Å². The minimum absolute atomic E-state index is 0.185. The van der Waals surface area contributed by atoms with Crippen LogP contribution in [0.1, 0.15) is 17.3 Å². The summed E-state index contributed by atoms with van der Waals surface area (Å²) in [5.74, 6) is -0.185. The smallest absolute Gasteiger partial charge is 0.251 e. The number of nitrogens with one attached hydrogen (secondary N) is 1. The van der Waals surface area contributed by atoms with E-state index in [9.17, 15) is 9.90 Å². The molecule has 0 aliphatic heterocycles. The third-order valence-electron chi connectivity index (χ3n) is 2.74. The Morgan fingerprint density at radius 1 is 1.50 bits per heavy atom. The lowest BCUT2D eigenvalue weighted by Gasteiger charge is -2.16. The van der Waals surface area contributed by atoms with Crippen molar-refractivity contribution in [2.24, 2.45) is 5.73 Å². The molecule has 0 bridgehead atoms. The third-order valence-corrected chi connectivity index (χ3v) is 2.74. The average Bonchev–Trinajstić information content (AvgIpc) is 2.35. The Morgan fingerprint density at radius 3 is 2.72 bits per heavy atom. The molecule has 0 radical (unpaired) electrons. The lowest BCUT2D eigenvalue weighted by atomic mass is 10.1. The van der Waals surface area contributed by atoms with Crippen molar-refractivity contribution in [3.63, 3.8) is 0 Å². The molecule has 0 spiro atoms. The van der Waals surface area contributed by atoms with Gasteiger partial charge in [0.1, 0.15) is 0 Å². The maximum absolute atomic E-state index is 11.9. The first-order valence-electron chi connectivity index (χ1n) is 5.91. The quantitative estimate of drug-likeness (QED) is 0.698. The summed E-state index contributed by atoms with van der Waals surface area (Å²) in [6.45, 7) is 1.85. The van der Waals surface area contributed by atoms with Gasteiger partial charge in [-0.3, -0.25) is 4.79 Å². The van der Waals surface area contributed by atoms with E-state index >= 15 is 0 Å². The third kappa shape index (κ3) is 4.01. The fourth-order valence-corrected chi connectivity index (χ4v) is 1.41. The van der Waals surface area contributed by atoms with E-state index in [-0.39, 0.29) is 12.5 Å². The molecule has 1 aromatic carbocycles. The molecule has 1 rings (SSSR count). The zero-order valence-corrected chi connectivity index (χ0v) is 11.1. The lowest BCUT2D eigenvalue weighted by Crippen LogP contribution is -2.43. The lowest BCUT2D eigenvalue weighted by molar-refractivity contribution is 0.0937. The molecule has 2 unspecified atom stereocenters. The van der Waals surface area contributed by atoms with Crippen LogP contribution in [0.25, 0.3) is 0 Å². The Bertz CT molecular complexity index is 405. The molecular formula is C13H21N3O2. The van der Waals surface area contributed by atoms with Crippen LogP contribution in [0.15, 0.2) is 24.3 Å². The molecular weight excluding hydrogens is 230 g/mol. The molecule has 0 aliphatic carbocycles. The summed E-state index contributed by atoms with van der Waals surface area (Å²) in [4.78, 5) is 13.8. The fraction of sp³-hybridized carbons (Fsp3) is 0.462. The second-order valence-corrected chi connectivity index (χ2v) is 4.56. The van der Waals surface area contributed by atoms with Crippen LogP contribution in [0, 0.1) is 0 Å². The topological polar surface area (TPSA) is 78.6 Å². The summed E-state index contributed by atoms with van der Waals surface area (Å²) in [5.41, 5.74) is 7.19. The minimum atomic E-state index is -0.640. The zero-order valence-electron chi connectivity index (χ0n) is 11.1. The minimum Gasteiger partial charge on any atom is -0.392 e. The van der Waals surface area contributed by atoms with Crippen molar-refractivity contribution in [3.05, 3.63) is 29.8 Å². The highest BCUT2D eigenvalue weighted by Crippen LogP contribution is 2.13. The number of anilines is 1. The van der Waals surface area contributed by atoms with E-state index in [1.165, 1.54) is 0 Å². The van der Waals surface area contributed by atoms with E-state index in [2.05, 4.69) is 5.32 Å². The van der Waals surface area contributed by atoms with Gasteiger partial charge in [-0.25, -0.2) is 0 Å². The second kappa shape index (κ2) is 6.37. The summed E-state index contributed by atoms with van der Waals surface area (Å²) in [6, 6.07) is 6.86. The molecule has 0 aromatic heterocycles. The van der Waals surface area contributed by atoms with Crippen molar-refractivity contribution < 1.29 is 9.90 Å². The highest BCUT2D eigenvalue weighted by Gasteiger charge is 2.12. The highest BCUT2D eigenvalue weighted by atomic mass is 16.3. The number of nitrogens with two attached hydrogens (primary N) is 1. The van der Waals surface area contributed by atoms with Crippen LogP contribution in [-0.4, -0.2) is 43.8 Å². The normalized spacial score (nSPS) is 13.8. The monoisotopic (exact) mass is 251 g/mol. The number of benzene rings is 1. The van der Waals surface area contributed by atoms with Gasteiger partial charge in [0.2, 0.25) is 0 Å². The van der Waals surface area contributed by atoms with Crippen molar-refractivity contribution >= 4 is 11.6 Å². The van der Waals surface area contributed by atoms with Crippen LogP contribution in [0.5, 0.6) is 0 Å². The van der Waals surface area contributed by atoms with Crippen molar-refractivity contribution in [2.45, 2.75) is 19.1 Å². The molecule has 4 N–H and O–H groups in total. The number of carbonyl (C=O) groups excluding carboxylic acids is 1. The second-order valence-electron chi connectivity index (χ2n) is 4.56. The van der Waals surface area contributed by atoms with Gasteiger partial charge in [0, 0.05) is 37.9 Å². The predicted molar refractivity (Wildman–Crippen MR) is 72.8 cm³/mol. The standard InChI is InChI=1S/C13H21N3O2/c1-9(17)12(14)8-15-13(18)10-5-4-6-11(7-10)16(2)3/h4-7,9,12,17H,8,14H2,1-3H3,(H,15,18). The van der Waals surface area contributed by atoms with Crippen LogP contribution in [0.2, 0.25) is 0 Å². The first kappa shape index (κ1) is 14.5. The molecule has 5 nitrogen and oxygen atoms in total. The molecule has 1 aromatic rings. The molecule has 100 valence electrons. The number of aliphatic hydroxyl groups is 1. The summed E-state index contributed by atoms with van der Waals surface area (Å²) < 4.78 is 0. The van der Waals surface area contributed by atoms with Gasteiger partial charge >= 0.3 is 0 Å². The number of rotatable bonds is 5. The number of carbonyl (C=O) groups is 1. The SMILES string of the molecule is CC(O)C(N)CNC(=O)c1cccc(N(C)C)c1. The molecule has 1 amide bonds. The Balaban J connectivity index is 2.64. The zero-order chi connectivity index (χ0) is 13.7. The van der Waals surface area contributed by atoms with Gasteiger partial charge < -0.3 is 21.1 Å². The first-order chi connectivity index (χ1) is 8.41. The Morgan fingerprint density at radius 2 is 2.17 bits per heavy atom. The summed E-state index contributed by atoms with van der Waals surface area (Å²) in [6.07, 6.45) is -0.640. The molecule has 0 saturated heterocycles. The molecule has 0 heterocycles. The molecule has 0 aliphatic rings. The van der Waals surface area contributed by atoms with Crippen molar-refractivity contribution in [1.82, 2.24) is 5.32 Å². The number of aliphatic hydroxyl groups excluding tert-OH is 1. The number of amides is 1. The number of nitrogens with zero attached hydrogens (tertiary/aromatic N) is 1. The average molecular weight is 251 g/mol. The van der Waals surface area contributed by atoms with E-state index in [0.717, 1.165) is 5.69 Å². The van der Waals surface area contributed by atoms with Crippen molar-refractivity contribution in [2.75, 3.05) is 25.5 Å². The molecule has 5 heteroatoms. The maximum Gasteiger partial charge on any atom is 0.251 e. The van der Waals surface area contributed by atoms with Crippen LogP contribution in [0.3, 0.4) is 0 Å². The Kier molecular flexibility index (Phi) is 5.12. The van der Waals surface area contributed by atoms with Crippen LogP contribution >= 0.6 is 0 Å². The van der Waals surface area contributed by atoms with E-state index in [1.807, 2.05) is 37.2 Å². The van der Waals surface area contributed by atoms with Crippen LogP contribution < -0.4 is 16.0 Å². The molecule has 0 fully saturated rings. The van der Waals surface area contributed by atoms with Gasteiger partial charge in [-0.05, 0) is 25.1 Å². The number of hydrogen-bond donors (Lipinski definition) is 3. The van der Waals surface area contributed by atoms with E-state index in [1.54, 1.807) is 13.0 Å². The number of hydrogen-bond acceptors (Lipinski definition) is 4. The van der Waals surface area contributed by atoms with Gasteiger partial charge in [-0.1, -0.05) is 6.07 Å². The molecule has 0 saturated carbocycles. The van der Waals surface area contributed by atoms with E-state index in [0.29, 0.717) is 5.56 Å². The fourth-order valence-electron chi connectivity index (χ4n) is 1.41. The van der Waals surface area contributed by atoms with Crippen LogP contribution in [-0.2, 0) is 0 Å². The summed E-state index contributed by atoms with van der Waals surface area (Å²) in [7, 11) is 3.83. The first-order valence-corrected chi connectivity index (χ1v) is 5.91. The van der Waals surface area contributed by atoms with Gasteiger partial charge in [-0.15, -0.1) is 0 Å². The van der Waals surface area contributed by atoms with Crippen LogP contribution in [0.4, 0.5) is 5.69 Å². The van der Waals surface area contributed by atoms with E-state index < -0.39 is 12.1 Å². The summed E-state index contributed by atoms with van der Waals surface area (Å²) >= 11 is 0. The van der Waals surface area contributed by atoms with E-state index in [4.69, 9.17) is 5.73 Å². The highest BCUT2D eigenvalue weighted by molar-refractivity contribution is 5.95. The van der Waals surface area contributed by atoms with Crippen molar-refractivity contribution in [3.8, 4) is 0 Å². The van der Waals surface area contributed by atoms with Gasteiger partial charge in [0.05, 0.1) is 6.10 Å². The molecule has 2 atom stereocenters. The Hall–Kier alpha value is -1.59. The summed E-state index contributed by atoms with van der Waals surface area (Å²) in [5, 5.41) is 11.9. The largest absolute Gasteiger partial charge is 0.392 e. The molecule has 18 heavy (non-hydrogen) atoms. The predicted octanol–water partition coefficient (Wildman–Crippen LogP) is 0.191. The van der Waals surface area contributed by atoms with Gasteiger partial charge in [0.15, 0.2) is 0 Å².